The number of nitrogens with zero attached hydrogens (tertiary/aromatic N) is 1. The van der Waals surface area contributed by atoms with Gasteiger partial charge in [-0.25, -0.2) is 0 Å². The second-order valence-corrected chi connectivity index (χ2v) is 7.33. The van der Waals surface area contributed by atoms with E-state index in [1.54, 1.807) is 0 Å². The van der Waals surface area contributed by atoms with Crippen LogP contribution >= 0.6 is 15.9 Å². The summed E-state index contributed by atoms with van der Waals surface area (Å²) in [6.45, 7) is 0.876. The molecular weight excluding hydrogens is 370 g/mol. The Morgan fingerprint density at radius 3 is 2.32 bits per heavy atom. The molecule has 5 aromatic rings. The number of hydrogen-bond acceptors (Lipinski definition) is 0. The van der Waals surface area contributed by atoms with Crippen molar-refractivity contribution in [3.63, 3.8) is 0 Å². The second-order valence-electron chi connectivity index (χ2n) is 6.41. The highest BCUT2D eigenvalue weighted by atomic mass is 79.9. The molecule has 1 heterocycles. The average molecular weight is 386 g/mol. The highest BCUT2D eigenvalue weighted by Gasteiger charge is 2.13. The first-order valence-corrected chi connectivity index (χ1v) is 9.24. The van der Waals surface area contributed by atoms with Gasteiger partial charge in [-0.3, -0.25) is 0 Å². The Hall–Kier alpha value is -2.58. The zero-order valence-corrected chi connectivity index (χ0v) is 15.2. The van der Waals surface area contributed by atoms with E-state index >= 15 is 0 Å². The zero-order valence-electron chi connectivity index (χ0n) is 13.6. The minimum Gasteiger partial charge on any atom is -0.336 e. The van der Waals surface area contributed by atoms with Crippen molar-refractivity contribution in [1.29, 1.82) is 0 Å². The summed E-state index contributed by atoms with van der Waals surface area (Å²) in [4.78, 5) is 0. The highest BCUT2D eigenvalue weighted by Crippen LogP contribution is 2.36. The van der Waals surface area contributed by atoms with E-state index in [-0.39, 0.29) is 0 Å². The van der Waals surface area contributed by atoms with Crippen LogP contribution in [-0.2, 0) is 6.54 Å². The number of aromatic nitrogens is 1. The van der Waals surface area contributed by atoms with E-state index in [0.717, 1.165) is 11.0 Å². The second kappa shape index (κ2) is 5.75. The number of rotatable bonds is 2. The standard InChI is InChI=1S/C23H16BrN/c24-18-11-13-21-20(14-18)23-19-9-5-4-8-17(19)10-12-22(23)25(21)15-16-6-2-1-3-7-16/h1-14H,15H2. The maximum atomic E-state index is 3.65. The molecule has 0 aliphatic carbocycles. The van der Waals surface area contributed by atoms with Crippen molar-refractivity contribution in [1.82, 2.24) is 4.57 Å². The maximum Gasteiger partial charge on any atom is 0.0501 e. The summed E-state index contributed by atoms with van der Waals surface area (Å²) in [5.41, 5.74) is 3.88. The van der Waals surface area contributed by atoms with Crippen molar-refractivity contribution in [3.05, 3.63) is 95.0 Å². The van der Waals surface area contributed by atoms with Crippen LogP contribution < -0.4 is 0 Å². The van der Waals surface area contributed by atoms with Gasteiger partial charge in [-0.1, -0.05) is 76.6 Å². The Labute approximate surface area is 154 Å². The molecule has 0 saturated carbocycles. The molecule has 0 amide bonds. The van der Waals surface area contributed by atoms with E-state index < -0.39 is 0 Å². The Balaban J connectivity index is 1.91. The first-order valence-electron chi connectivity index (χ1n) is 8.44. The van der Waals surface area contributed by atoms with E-state index in [1.165, 1.54) is 38.1 Å². The fourth-order valence-corrected chi connectivity index (χ4v) is 4.14. The molecule has 0 spiro atoms. The van der Waals surface area contributed by atoms with Crippen LogP contribution in [0.1, 0.15) is 5.56 Å². The van der Waals surface area contributed by atoms with Crippen molar-refractivity contribution in [2.24, 2.45) is 0 Å². The molecule has 0 atom stereocenters. The van der Waals surface area contributed by atoms with Gasteiger partial charge in [0.05, 0.1) is 5.52 Å². The van der Waals surface area contributed by atoms with Gasteiger partial charge >= 0.3 is 0 Å². The van der Waals surface area contributed by atoms with Crippen molar-refractivity contribution in [2.75, 3.05) is 0 Å². The van der Waals surface area contributed by atoms with Crippen LogP contribution in [-0.4, -0.2) is 4.57 Å². The summed E-state index contributed by atoms with van der Waals surface area (Å²) in [5, 5.41) is 5.24. The maximum absolute atomic E-state index is 3.65. The summed E-state index contributed by atoms with van der Waals surface area (Å²) in [7, 11) is 0. The number of halogens is 1. The summed E-state index contributed by atoms with van der Waals surface area (Å²) in [5.74, 6) is 0. The van der Waals surface area contributed by atoms with Gasteiger partial charge in [0.2, 0.25) is 0 Å². The molecule has 0 radical (unpaired) electrons. The molecular formula is C23H16BrN. The Kier molecular flexibility index (Phi) is 3.39. The quantitative estimate of drug-likeness (QED) is 0.316. The minimum absolute atomic E-state index is 0.876. The van der Waals surface area contributed by atoms with Crippen LogP contribution in [0.2, 0.25) is 0 Å². The predicted molar refractivity (Wildman–Crippen MR) is 110 cm³/mol. The zero-order chi connectivity index (χ0) is 16.8. The van der Waals surface area contributed by atoms with Gasteiger partial charge in [-0.05, 0) is 40.6 Å². The van der Waals surface area contributed by atoms with E-state index in [4.69, 9.17) is 0 Å². The largest absolute Gasteiger partial charge is 0.336 e. The molecule has 0 aliphatic heterocycles. The van der Waals surface area contributed by atoms with Crippen LogP contribution in [0.15, 0.2) is 89.4 Å². The van der Waals surface area contributed by atoms with Gasteiger partial charge in [0.1, 0.15) is 0 Å². The van der Waals surface area contributed by atoms with Gasteiger partial charge in [0.15, 0.2) is 0 Å². The first kappa shape index (κ1) is 14.7. The predicted octanol–water partition coefficient (Wildman–Crippen LogP) is 6.76. The molecule has 0 bridgehead atoms. The van der Waals surface area contributed by atoms with Crippen LogP contribution in [0.25, 0.3) is 32.6 Å². The molecule has 0 saturated heterocycles. The fraction of sp³-hybridized carbons (Fsp3) is 0.0435. The third-order valence-corrected chi connectivity index (χ3v) is 5.39. The Morgan fingerprint density at radius 2 is 1.44 bits per heavy atom. The monoisotopic (exact) mass is 385 g/mol. The van der Waals surface area contributed by atoms with Crippen LogP contribution in [0, 0.1) is 0 Å². The Morgan fingerprint density at radius 1 is 0.680 bits per heavy atom. The molecule has 120 valence electrons. The molecule has 0 N–H and O–H groups in total. The number of hydrogen-bond donors (Lipinski definition) is 0. The lowest BCUT2D eigenvalue weighted by molar-refractivity contribution is 0.869. The van der Waals surface area contributed by atoms with E-state index in [1.807, 2.05) is 0 Å². The van der Waals surface area contributed by atoms with Crippen LogP contribution in [0.5, 0.6) is 0 Å². The third-order valence-electron chi connectivity index (χ3n) is 4.90. The molecule has 0 fully saturated rings. The van der Waals surface area contributed by atoms with Gasteiger partial charge in [-0.2, -0.15) is 0 Å². The van der Waals surface area contributed by atoms with Gasteiger partial charge in [0, 0.05) is 27.3 Å². The lowest BCUT2D eigenvalue weighted by atomic mass is 10.0. The summed E-state index contributed by atoms with van der Waals surface area (Å²) in [6, 6.07) is 30.4. The minimum atomic E-state index is 0.876. The summed E-state index contributed by atoms with van der Waals surface area (Å²) >= 11 is 3.65. The smallest absolute Gasteiger partial charge is 0.0501 e. The number of benzene rings is 4. The fourth-order valence-electron chi connectivity index (χ4n) is 3.78. The van der Waals surface area contributed by atoms with Crippen molar-refractivity contribution in [3.8, 4) is 0 Å². The number of fused-ring (bicyclic) bond motifs is 5. The normalized spacial score (nSPS) is 11.6. The van der Waals surface area contributed by atoms with Gasteiger partial charge < -0.3 is 4.57 Å². The highest BCUT2D eigenvalue weighted by molar-refractivity contribution is 9.10. The van der Waals surface area contributed by atoms with Crippen molar-refractivity contribution < 1.29 is 0 Å². The first-order chi connectivity index (χ1) is 12.3. The average Bonchev–Trinajstić information content (AvgIpc) is 2.96. The molecule has 0 aliphatic rings. The lowest BCUT2D eigenvalue weighted by Gasteiger charge is -2.08. The van der Waals surface area contributed by atoms with Crippen molar-refractivity contribution >= 4 is 48.5 Å². The van der Waals surface area contributed by atoms with Gasteiger partial charge in [-0.15, -0.1) is 0 Å². The molecule has 5 rings (SSSR count). The molecule has 1 aromatic heterocycles. The van der Waals surface area contributed by atoms with Crippen LogP contribution in [0.4, 0.5) is 0 Å². The van der Waals surface area contributed by atoms with Crippen molar-refractivity contribution in [2.45, 2.75) is 6.54 Å². The molecule has 4 aromatic carbocycles. The topological polar surface area (TPSA) is 4.93 Å². The van der Waals surface area contributed by atoms with Gasteiger partial charge in [0.25, 0.3) is 0 Å². The molecule has 25 heavy (non-hydrogen) atoms. The third kappa shape index (κ3) is 2.37. The molecule has 2 heteroatoms. The molecule has 0 unspecified atom stereocenters. The lowest BCUT2D eigenvalue weighted by Crippen LogP contribution is -1.98. The molecule has 1 nitrogen and oxygen atoms in total. The summed E-state index contributed by atoms with van der Waals surface area (Å²) < 4.78 is 3.55. The Bertz CT molecular complexity index is 1220. The summed E-state index contributed by atoms with van der Waals surface area (Å²) in [6.07, 6.45) is 0. The van der Waals surface area contributed by atoms with E-state index in [2.05, 4.69) is 105 Å². The van der Waals surface area contributed by atoms with E-state index in [0.29, 0.717) is 0 Å². The van der Waals surface area contributed by atoms with Crippen LogP contribution in [0.3, 0.4) is 0 Å². The SMILES string of the molecule is Brc1ccc2c(c1)c1c3ccccc3ccc1n2Cc1ccccc1. The van der Waals surface area contributed by atoms with E-state index in [9.17, 15) is 0 Å².